The van der Waals surface area contributed by atoms with Gasteiger partial charge in [-0.25, -0.2) is 0 Å². The molecule has 3 nitrogen and oxygen atoms in total. The summed E-state index contributed by atoms with van der Waals surface area (Å²) in [6.45, 7) is 0. The monoisotopic (exact) mass is 758 g/mol. The number of fused-ring (bicyclic) bond motifs is 9. The van der Waals surface area contributed by atoms with Crippen LogP contribution in [0.3, 0.4) is 0 Å². The number of aromatic nitrogens is 1. The van der Waals surface area contributed by atoms with Crippen molar-refractivity contribution >= 4 is 92.3 Å². The average molecular weight is 759 g/mol. The van der Waals surface area contributed by atoms with Gasteiger partial charge < -0.3 is 13.9 Å². The van der Waals surface area contributed by atoms with Crippen LogP contribution >= 0.6 is 11.3 Å². The molecule has 0 aliphatic carbocycles. The third-order valence-corrected chi connectivity index (χ3v) is 12.8. The van der Waals surface area contributed by atoms with Crippen LogP contribution < -0.4 is 4.90 Å². The predicted octanol–water partition coefficient (Wildman–Crippen LogP) is 15.9. The topological polar surface area (TPSA) is 21.3 Å². The lowest BCUT2D eigenvalue weighted by Gasteiger charge is -2.27. The molecule has 0 saturated heterocycles. The Morgan fingerprint density at radius 3 is 1.71 bits per heavy atom. The number of rotatable bonds is 6. The molecule has 0 unspecified atom stereocenters. The summed E-state index contributed by atoms with van der Waals surface area (Å²) in [4.78, 5) is 2.43. The zero-order valence-corrected chi connectivity index (χ0v) is 32.2. The second-order valence-electron chi connectivity index (χ2n) is 14.8. The first kappa shape index (κ1) is 32.8. The van der Waals surface area contributed by atoms with Crippen LogP contribution in [0.1, 0.15) is 0 Å². The van der Waals surface area contributed by atoms with Crippen molar-refractivity contribution in [3.63, 3.8) is 0 Å². The summed E-state index contributed by atoms with van der Waals surface area (Å²) in [6, 6.07) is 74.4. The lowest BCUT2D eigenvalue weighted by atomic mass is 9.93. The Balaban J connectivity index is 1.05. The minimum atomic E-state index is 0.874. The number of hydrogen-bond acceptors (Lipinski definition) is 3. The van der Waals surface area contributed by atoms with Gasteiger partial charge in [-0.05, 0) is 83.4 Å². The van der Waals surface area contributed by atoms with Crippen molar-refractivity contribution in [2.24, 2.45) is 0 Å². The van der Waals surface area contributed by atoms with Gasteiger partial charge in [0.05, 0.1) is 33.5 Å². The molecule has 0 radical (unpaired) electrons. The maximum absolute atomic E-state index is 6.45. The summed E-state index contributed by atoms with van der Waals surface area (Å²) >= 11 is 1.84. The van der Waals surface area contributed by atoms with Crippen molar-refractivity contribution in [2.45, 2.75) is 0 Å². The van der Waals surface area contributed by atoms with Gasteiger partial charge in [0, 0.05) is 47.6 Å². The van der Waals surface area contributed by atoms with Crippen LogP contribution in [0.2, 0.25) is 0 Å². The number of anilines is 3. The van der Waals surface area contributed by atoms with E-state index in [0.29, 0.717) is 0 Å². The highest BCUT2D eigenvalue weighted by Crippen LogP contribution is 2.48. The number of hydrogen-bond donors (Lipinski definition) is 0. The maximum atomic E-state index is 6.45. The average Bonchev–Trinajstić information content (AvgIpc) is 3.97. The van der Waals surface area contributed by atoms with Gasteiger partial charge >= 0.3 is 0 Å². The van der Waals surface area contributed by atoms with Gasteiger partial charge in [-0.1, -0.05) is 140 Å². The first-order valence-corrected chi connectivity index (χ1v) is 20.5. The zero-order valence-electron chi connectivity index (χ0n) is 31.3. The van der Waals surface area contributed by atoms with Gasteiger partial charge in [0.25, 0.3) is 0 Å². The third-order valence-electron chi connectivity index (χ3n) is 11.6. The van der Waals surface area contributed by atoms with Crippen molar-refractivity contribution in [1.29, 1.82) is 0 Å². The molecule has 0 saturated carbocycles. The summed E-state index contributed by atoms with van der Waals surface area (Å²) in [7, 11) is 0. The van der Waals surface area contributed by atoms with Crippen molar-refractivity contribution in [2.75, 3.05) is 4.90 Å². The van der Waals surface area contributed by atoms with Crippen molar-refractivity contribution in [1.82, 2.24) is 4.57 Å². The van der Waals surface area contributed by atoms with Gasteiger partial charge in [-0.2, -0.15) is 0 Å². The molecule has 0 fully saturated rings. The minimum Gasteiger partial charge on any atom is -0.456 e. The molecule has 12 aromatic rings. The molecular weight excluding hydrogens is 725 g/mol. The fourth-order valence-electron chi connectivity index (χ4n) is 9.13. The zero-order chi connectivity index (χ0) is 38.2. The Morgan fingerprint density at radius 2 is 0.931 bits per heavy atom. The first-order chi connectivity index (χ1) is 28.8. The highest BCUT2D eigenvalue weighted by molar-refractivity contribution is 7.26. The summed E-state index contributed by atoms with van der Waals surface area (Å²) in [5.74, 6) is 0. The fourth-order valence-corrected chi connectivity index (χ4v) is 10.3. The summed E-state index contributed by atoms with van der Waals surface area (Å²) < 4.78 is 11.4. The molecule has 0 aliphatic rings. The molecule has 3 heterocycles. The van der Waals surface area contributed by atoms with Crippen LogP contribution in [0, 0.1) is 0 Å². The molecule has 0 bridgehead atoms. The summed E-state index contributed by atoms with van der Waals surface area (Å²) in [5.41, 5.74) is 13.3. The molecule has 0 amide bonds. The maximum Gasteiger partial charge on any atom is 0.137 e. The van der Waals surface area contributed by atoms with Gasteiger partial charge in [0.15, 0.2) is 0 Å². The Hall–Kier alpha value is -7.40. The Labute approximate surface area is 338 Å². The molecule has 58 heavy (non-hydrogen) atoms. The summed E-state index contributed by atoms with van der Waals surface area (Å²) in [5, 5.41) is 7.24. The summed E-state index contributed by atoms with van der Waals surface area (Å²) in [6.07, 6.45) is 0. The molecule has 0 aliphatic heterocycles. The normalized spacial score (nSPS) is 11.8. The highest BCUT2D eigenvalue weighted by Gasteiger charge is 2.23. The standard InChI is InChI=1S/C54H34N2OS/c1-2-16-38(39-17-3-8-22-44(39)56-45-23-9-4-18-40(45)41-19-5-10-24-46(41)56)37(15-1)35-31-33-36(34-32-35)55(47-25-13-28-50-53(47)42-20-6-11-27-49(42)57-50)48-26-14-30-52-54(48)43-21-7-12-29-51(43)58-52/h1-34H. The van der Waals surface area contributed by atoms with Gasteiger partial charge in [-0.15, -0.1) is 11.3 Å². The molecular formula is C54H34N2OS. The molecule has 9 aromatic carbocycles. The largest absolute Gasteiger partial charge is 0.456 e. The van der Waals surface area contributed by atoms with Crippen molar-refractivity contribution < 1.29 is 4.42 Å². The van der Waals surface area contributed by atoms with Gasteiger partial charge in [0.1, 0.15) is 11.2 Å². The van der Waals surface area contributed by atoms with E-state index in [2.05, 4.69) is 210 Å². The lowest BCUT2D eigenvalue weighted by molar-refractivity contribution is 0.669. The highest BCUT2D eigenvalue weighted by atomic mass is 32.1. The van der Waals surface area contributed by atoms with Crippen LogP contribution in [0.25, 0.3) is 91.9 Å². The second-order valence-corrected chi connectivity index (χ2v) is 15.9. The van der Waals surface area contributed by atoms with Gasteiger partial charge in [0.2, 0.25) is 0 Å². The van der Waals surface area contributed by atoms with E-state index in [0.717, 1.165) is 50.3 Å². The van der Waals surface area contributed by atoms with E-state index in [1.165, 1.54) is 58.7 Å². The van der Waals surface area contributed by atoms with Crippen LogP contribution in [-0.2, 0) is 0 Å². The van der Waals surface area contributed by atoms with E-state index in [-0.39, 0.29) is 0 Å². The molecule has 0 N–H and O–H groups in total. The number of nitrogens with zero attached hydrogens (tertiary/aromatic N) is 2. The van der Waals surface area contributed by atoms with Crippen molar-refractivity contribution in [3.05, 3.63) is 206 Å². The molecule has 272 valence electrons. The molecule has 4 heteroatoms. The number of thiophene rings is 1. The SMILES string of the molecule is c1ccc(-c2ccccc2-n2c3ccccc3c3ccccc32)c(-c2ccc(N(c3cccc4oc5ccccc5c34)c3cccc4sc5ccccc5c34)cc2)c1. The number of para-hydroxylation sites is 4. The van der Waals surface area contributed by atoms with Crippen molar-refractivity contribution in [3.8, 4) is 27.9 Å². The first-order valence-electron chi connectivity index (χ1n) is 19.7. The minimum absolute atomic E-state index is 0.874. The van der Waals surface area contributed by atoms with Crippen LogP contribution in [0.4, 0.5) is 17.1 Å². The molecule has 3 aromatic heterocycles. The lowest BCUT2D eigenvalue weighted by Crippen LogP contribution is -2.10. The van der Waals surface area contributed by atoms with E-state index in [4.69, 9.17) is 4.42 Å². The Kier molecular flexibility index (Phi) is 7.40. The van der Waals surface area contributed by atoms with Crippen LogP contribution in [0.5, 0.6) is 0 Å². The number of benzene rings is 9. The van der Waals surface area contributed by atoms with Crippen LogP contribution in [-0.4, -0.2) is 4.57 Å². The number of furan rings is 1. The predicted molar refractivity (Wildman–Crippen MR) is 247 cm³/mol. The Bertz CT molecular complexity index is 3370. The Morgan fingerprint density at radius 1 is 0.379 bits per heavy atom. The van der Waals surface area contributed by atoms with Gasteiger partial charge in [-0.3, -0.25) is 0 Å². The van der Waals surface area contributed by atoms with E-state index in [1.54, 1.807) is 0 Å². The van der Waals surface area contributed by atoms with E-state index in [1.807, 2.05) is 17.4 Å². The smallest absolute Gasteiger partial charge is 0.137 e. The van der Waals surface area contributed by atoms with E-state index >= 15 is 0 Å². The fraction of sp³-hybridized carbons (Fsp3) is 0. The van der Waals surface area contributed by atoms with E-state index in [9.17, 15) is 0 Å². The quantitative estimate of drug-likeness (QED) is 0.168. The molecule has 0 atom stereocenters. The molecule has 0 spiro atoms. The van der Waals surface area contributed by atoms with E-state index < -0.39 is 0 Å². The molecule has 12 rings (SSSR count). The van der Waals surface area contributed by atoms with Crippen LogP contribution in [0.15, 0.2) is 211 Å². The second kappa shape index (κ2) is 13.1. The third kappa shape index (κ3) is 4.99.